The Labute approximate surface area is 626 Å². The van der Waals surface area contributed by atoms with Crippen LogP contribution in [0, 0.1) is 0 Å². The van der Waals surface area contributed by atoms with Gasteiger partial charge in [0.1, 0.15) is 0 Å². The van der Waals surface area contributed by atoms with Crippen molar-refractivity contribution in [3.8, 4) is 39.6 Å². The van der Waals surface area contributed by atoms with E-state index in [0.717, 1.165) is 76.1 Å². The first kappa shape index (κ1) is 41.1. The molecular weight excluding hydrogens is 1260 g/mol. The Kier molecular flexibility index (Phi) is 8.62. The number of benzene rings is 16. The van der Waals surface area contributed by atoms with Crippen molar-refractivity contribution in [3.05, 3.63) is 364 Å². The van der Waals surface area contributed by atoms with Gasteiger partial charge in [-0.05, 0) is 179 Å². The Balaban J connectivity index is 0.944. The molecule has 0 N–H and O–H groups in total. The molecule has 5 aromatic heterocycles. The van der Waals surface area contributed by atoms with Crippen LogP contribution in [0.15, 0.2) is 364 Å². The van der Waals surface area contributed by atoms with Gasteiger partial charge in [-0.3, -0.25) is 0 Å². The summed E-state index contributed by atoms with van der Waals surface area (Å²) in [5.74, 6) is 0. The van der Waals surface area contributed by atoms with Crippen LogP contribution in [-0.2, 0) is 0 Å². The summed E-state index contributed by atoms with van der Waals surface area (Å²) in [6.07, 6.45) is 0. The van der Waals surface area contributed by atoms with E-state index < -0.39 is 127 Å². The fraction of sp³-hybridized carbons (Fsp3) is 0. The lowest BCUT2D eigenvalue weighted by atomic mass is 9.33. The second-order valence-electron chi connectivity index (χ2n) is 26.4. The molecule has 7 nitrogen and oxygen atoms in total. The molecule has 2 aliphatic rings. The monoisotopic (exact) mass is 1340 g/mol. The summed E-state index contributed by atoms with van der Waals surface area (Å²) in [6, 6.07) is 66.7. The molecule has 0 amide bonds. The fourth-order valence-corrected chi connectivity index (χ4v) is 17.0. The largest absolute Gasteiger partial charge is 0.311 e. The summed E-state index contributed by atoms with van der Waals surface area (Å²) in [5, 5.41) is 3.72. The van der Waals surface area contributed by atoms with E-state index in [-0.39, 0.29) is 77.6 Å². The van der Waals surface area contributed by atoms with E-state index in [9.17, 15) is 21.9 Å². The van der Waals surface area contributed by atoms with Gasteiger partial charge in [0.15, 0.2) is 0 Å². The van der Waals surface area contributed by atoms with Crippen LogP contribution in [0.1, 0.15) is 27.4 Å². The van der Waals surface area contributed by atoms with Gasteiger partial charge in [0.2, 0.25) is 0 Å². The van der Waals surface area contributed by atoms with Crippen molar-refractivity contribution in [2.75, 3.05) is 9.80 Å². The Morgan fingerprint density at radius 1 is 0.221 bits per heavy atom. The van der Waals surface area contributed by atoms with Crippen LogP contribution in [0.4, 0.5) is 34.1 Å². The molecule has 16 aromatic carbocycles. The van der Waals surface area contributed by atoms with Gasteiger partial charge in [-0.25, -0.2) is 0 Å². The highest BCUT2D eigenvalue weighted by Gasteiger charge is 2.45. The molecule has 0 saturated heterocycles. The fourth-order valence-electron chi connectivity index (χ4n) is 17.0. The van der Waals surface area contributed by atoms with Gasteiger partial charge in [0, 0.05) is 105 Å². The number of aromatic nitrogens is 5. The van der Waals surface area contributed by atoms with E-state index in [1.807, 2.05) is 187 Å². The van der Waals surface area contributed by atoms with Gasteiger partial charge in [-0.1, -0.05) is 212 Å². The third-order valence-electron chi connectivity index (χ3n) is 21.1. The Hall–Kier alpha value is -13.8. The minimum Gasteiger partial charge on any atom is -0.311 e. The molecule has 23 rings (SSSR count). The van der Waals surface area contributed by atoms with Crippen molar-refractivity contribution in [3.63, 3.8) is 0 Å². The number of para-hydroxylation sites is 10. The maximum atomic E-state index is 11.7. The third-order valence-corrected chi connectivity index (χ3v) is 21.1. The first-order valence-corrected chi connectivity index (χ1v) is 34.3. The zero-order valence-corrected chi connectivity index (χ0v) is 54.8. The summed E-state index contributed by atoms with van der Waals surface area (Å²) >= 11 is 0. The summed E-state index contributed by atoms with van der Waals surface area (Å²) < 4.78 is 206. The van der Waals surface area contributed by atoms with Gasteiger partial charge in [0.25, 0.3) is 6.71 Å². The molecule has 0 radical (unpaired) electrons. The standard InChI is InChI=1S/C96H60BN7/c1-4-26-63(27-5-1)98-82-43-21-14-36-72(82)75-56-61(50-55-85(75)98)62-57-92-96-93(58-62)104(89-49-25-47-87-95(89)74-38-16-23-45-84(74)100(87)65-30-8-3-9-31-65)91-60-67(102-80-41-19-12-34-70(80)71-35-13-20-42-81(71)102)52-54-77(91)97(96)76-53-51-66(101-78-39-17-10-32-68(78)69-33-11-18-40-79(69)101)59-90(76)103(92)88-48-24-46-86-94(88)73-37-15-22-44-83(73)99(86)64-28-6-2-7-29-64/h1-60H/i10D,11D,12D,13D,17D,18D,19D,20D,32D,33D,34D,35D,39D,40D,41D,42D,51D,53D,54D,59D. The van der Waals surface area contributed by atoms with Gasteiger partial charge in [-0.15, -0.1) is 0 Å². The predicted octanol–water partition coefficient (Wildman–Crippen LogP) is 22.9. The first-order chi connectivity index (χ1) is 60.0. The normalized spacial score (nSPS) is 15.4. The van der Waals surface area contributed by atoms with Crippen molar-refractivity contribution in [1.29, 1.82) is 0 Å². The maximum Gasteiger partial charge on any atom is 0.252 e. The highest BCUT2D eigenvalue weighted by Crippen LogP contribution is 2.53. The molecule has 2 aliphatic heterocycles. The number of hydrogen-bond acceptors (Lipinski definition) is 2. The van der Waals surface area contributed by atoms with Crippen LogP contribution in [0.5, 0.6) is 0 Å². The summed E-state index contributed by atoms with van der Waals surface area (Å²) in [6.45, 7) is -1.41. The molecular formula is C96H60BN7. The average Bonchev–Trinajstić information content (AvgIpc) is 1.36. The molecule has 0 aliphatic carbocycles. The minimum absolute atomic E-state index is 0.00935. The predicted molar refractivity (Wildman–Crippen MR) is 438 cm³/mol. The second kappa shape index (κ2) is 21.8. The van der Waals surface area contributed by atoms with Crippen LogP contribution in [-0.4, -0.2) is 29.5 Å². The Bertz CT molecular complexity index is 8320. The quantitative estimate of drug-likeness (QED) is 0.142. The van der Waals surface area contributed by atoms with E-state index in [0.29, 0.717) is 50.2 Å². The molecule has 7 heterocycles. The topological polar surface area (TPSA) is 31.1 Å². The van der Waals surface area contributed by atoms with Crippen LogP contribution in [0.25, 0.3) is 149 Å². The SMILES string of the molecule is [2H]c1cc(-n2c3c([2H])c([2H])c([2H])c([2H])c3c3c([2H])c([2H])c([2H])c([2H])c32)cc2c1B1c3c(cc(-c4ccc5c(c4)c4ccccc4n5-c4ccccc4)cc3N(c3cccc4c3c3ccccc3n4-c3ccccc3)c3c([2H])c(-n4c5c([2H])c([2H])c([2H])c([2H])c5c5c([2H])c([2H])c([2H])c([2H])c54)c([2H])c([2H])c31)N2c1cccc2c1c1ccccc1n2-c1ccccc1. The van der Waals surface area contributed by atoms with Crippen LogP contribution in [0.2, 0.25) is 0 Å². The van der Waals surface area contributed by atoms with Gasteiger partial charge >= 0.3 is 0 Å². The van der Waals surface area contributed by atoms with Crippen LogP contribution < -0.4 is 26.2 Å². The molecule has 8 heteroatoms. The highest BCUT2D eigenvalue weighted by atomic mass is 15.2. The lowest BCUT2D eigenvalue weighted by molar-refractivity contribution is 1.17. The number of nitrogens with zero attached hydrogens (tertiary/aromatic N) is 7. The Morgan fingerprint density at radius 3 is 1.14 bits per heavy atom. The van der Waals surface area contributed by atoms with Crippen molar-refractivity contribution < 1.29 is 27.4 Å². The van der Waals surface area contributed by atoms with Crippen LogP contribution >= 0.6 is 0 Å². The van der Waals surface area contributed by atoms with E-state index in [1.165, 1.54) is 10.6 Å². The third kappa shape index (κ3) is 7.96. The first-order valence-electron chi connectivity index (χ1n) is 44.3. The molecule has 0 bridgehead atoms. The molecule has 0 unspecified atom stereocenters. The zero-order valence-electron chi connectivity index (χ0n) is 74.8. The average molecular weight is 1340 g/mol. The molecule has 0 spiro atoms. The lowest BCUT2D eigenvalue weighted by Crippen LogP contribution is -2.61. The van der Waals surface area contributed by atoms with Crippen molar-refractivity contribution >= 4 is 166 Å². The van der Waals surface area contributed by atoms with Crippen molar-refractivity contribution in [2.45, 2.75) is 0 Å². The molecule has 104 heavy (non-hydrogen) atoms. The molecule has 21 aromatic rings. The molecule has 482 valence electrons. The Morgan fingerprint density at radius 2 is 0.625 bits per heavy atom. The second-order valence-corrected chi connectivity index (χ2v) is 26.4. The summed E-state index contributed by atoms with van der Waals surface area (Å²) in [4.78, 5) is 3.98. The van der Waals surface area contributed by atoms with E-state index >= 15 is 0 Å². The lowest BCUT2D eigenvalue weighted by Gasteiger charge is -2.45. The molecule has 0 fully saturated rings. The van der Waals surface area contributed by atoms with Gasteiger partial charge < -0.3 is 32.6 Å². The van der Waals surface area contributed by atoms with Gasteiger partial charge in [0.05, 0.1) is 94.0 Å². The number of anilines is 6. The van der Waals surface area contributed by atoms with Crippen molar-refractivity contribution in [2.24, 2.45) is 0 Å². The minimum atomic E-state index is -1.41. The van der Waals surface area contributed by atoms with E-state index in [4.69, 9.17) is 5.48 Å². The highest BCUT2D eigenvalue weighted by molar-refractivity contribution is 7.00. The maximum absolute atomic E-state index is 11.7. The molecule has 0 saturated carbocycles. The van der Waals surface area contributed by atoms with E-state index in [2.05, 4.69) is 67.1 Å². The smallest absolute Gasteiger partial charge is 0.252 e. The zero-order chi connectivity index (χ0) is 85.2. The summed E-state index contributed by atoms with van der Waals surface area (Å²) in [5.41, 5.74) is 9.67. The van der Waals surface area contributed by atoms with E-state index in [1.54, 1.807) is 6.07 Å². The number of fused-ring (bicyclic) bond motifs is 19. The molecule has 0 atom stereocenters. The van der Waals surface area contributed by atoms with Gasteiger partial charge in [-0.2, -0.15) is 0 Å². The number of hydrogen-bond donors (Lipinski definition) is 0. The summed E-state index contributed by atoms with van der Waals surface area (Å²) in [7, 11) is 0. The number of rotatable bonds is 8. The van der Waals surface area contributed by atoms with Crippen molar-refractivity contribution in [1.82, 2.24) is 22.8 Å². The van der Waals surface area contributed by atoms with Crippen LogP contribution in [0.3, 0.4) is 0 Å².